The smallest absolute Gasteiger partial charge is 0.367 e. The number of carbonyl (C=O) groups is 2. The van der Waals surface area contributed by atoms with Crippen molar-refractivity contribution in [3.63, 3.8) is 0 Å². The second-order valence-electron chi connectivity index (χ2n) is 6.13. The lowest BCUT2D eigenvalue weighted by molar-refractivity contribution is -0.176. The third-order valence-corrected chi connectivity index (χ3v) is 3.60. The Hall–Kier alpha value is -3.08. The van der Waals surface area contributed by atoms with Gasteiger partial charge in [-0.3, -0.25) is 9.59 Å². The third-order valence-electron chi connectivity index (χ3n) is 3.60. The summed E-state index contributed by atoms with van der Waals surface area (Å²) in [4.78, 5) is 23.8. The molecule has 162 valence electrons. The molecule has 2 amide bonds. The van der Waals surface area contributed by atoms with Crippen molar-refractivity contribution in [2.45, 2.75) is 19.0 Å². The zero-order chi connectivity index (χ0) is 22.4. The molecule has 0 saturated heterocycles. The van der Waals surface area contributed by atoms with Gasteiger partial charge < -0.3 is 15.4 Å². The molecule has 0 fully saturated rings. The van der Waals surface area contributed by atoms with E-state index >= 15 is 0 Å². The van der Waals surface area contributed by atoms with Crippen molar-refractivity contribution in [1.82, 2.24) is 5.32 Å². The molecular formula is C19H16F6N2O3. The minimum atomic E-state index is -4.52. The van der Waals surface area contributed by atoms with Gasteiger partial charge in [0.25, 0.3) is 11.8 Å². The monoisotopic (exact) mass is 434 g/mol. The number of hydrogen-bond donors (Lipinski definition) is 2. The minimum Gasteiger partial charge on any atom is -0.367 e. The average molecular weight is 434 g/mol. The van der Waals surface area contributed by atoms with Gasteiger partial charge in [0, 0.05) is 16.8 Å². The van der Waals surface area contributed by atoms with Gasteiger partial charge in [0.1, 0.15) is 13.2 Å². The second kappa shape index (κ2) is 9.61. The Labute approximate surface area is 167 Å². The summed E-state index contributed by atoms with van der Waals surface area (Å²) in [5, 5.41) is 4.26. The highest BCUT2D eigenvalue weighted by Crippen LogP contribution is 2.17. The molecule has 0 bridgehead atoms. The summed E-state index contributed by atoms with van der Waals surface area (Å²) in [6.07, 6.45) is -8.95. The number of ether oxygens (including phenoxy) is 1. The molecule has 0 aliphatic carbocycles. The molecule has 2 N–H and O–H groups in total. The van der Waals surface area contributed by atoms with E-state index in [0.29, 0.717) is 11.3 Å². The van der Waals surface area contributed by atoms with Gasteiger partial charge in [-0.2, -0.15) is 26.3 Å². The van der Waals surface area contributed by atoms with E-state index in [9.17, 15) is 35.9 Å². The molecule has 30 heavy (non-hydrogen) atoms. The SMILES string of the molecule is O=C(NCC(F)(F)F)c1ccc(NC(=O)c2ccc(COCC(F)(F)F)cc2)cc1. The van der Waals surface area contributed by atoms with Crippen molar-refractivity contribution in [1.29, 1.82) is 0 Å². The van der Waals surface area contributed by atoms with Crippen LogP contribution >= 0.6 is 0 Å². The summed E-state index contributed by atoms with van der Waals surface area (Å²) in [7, 11) is 0. The molecule has 0 aromatic heterocycles. The van der Waals surface area contributed by atoms with Crippen LogP contribution < -0.4 is 10.6 Å². The van der Waals surface area contributed by atoms with Crippen molar-refractivity contribution in [3.05, 3.63) is 65.2 Å². The molecule has 0 atom stereocenters. The van der Waals surface area contributed by atoms with Crippen LogP contribution in [0, 0.1) is 0 Å². The number of nitrogens with one attached hydrogen (secondary N) is 2. The summed E-state index contributed by atoms with van der Waals surface area (Å²) >= 11 is 0. The summed E-state index contributed by atoms with van der Waals surface area (Å²) in [5.41, 5.74) is 0.956. The van der Waals surface area contributed by atoms with Gasteiger partial charge in [0.2, 0.25) is 0 Å². The van der Waals surface area contributed by atoms with E-state index in [1.807, 2.05) is 0 Å². The predicted molar refractivity (Wildman–Crippen MR) is 94.9 cm³/mol. The highest BCUT2D eigenvalue weighted by atomic mass is 19.4. The fourth-order valence-corrected chi connectivity index (χ4v) is 2.23. The zero-order valence-corrected chi connectivity index (χ0v) is 15.2. The van der Waals surface area contributed by atoms with Crippen LogP contribution in [0.3, 0.4) is 0 Å². The fraction of sp³-hybridized carbons (Fsp3) is 0.263. The number of alkyl halides is 6. The van der Waals surface area contributed by atoms with Gasteiger partial charge in [-0.15, -0.1) is 0 Å². The fourth-order valence-electron chi connectivity index (χ4n) is 2.23. The Morgan fingerprint density at radius 1 is 0.767 bits per heavy atom. The highest BCUT2D eigenvalue weighted by Gasteiger charge is 2.28. The van der Waals surface area contributed by atoms with Gasteiger partial charge in [0.15, 0.2) is 0 Å². The molecule has 0 aliphatic heterocycles. The maximum atomic E-state index is 12.2. The quantitative estimate of drug-likeness (QED) is 0.639. The van der Waals surface area contributed by atoms with E-state index in [2.05, 4.69) is 10.1 Å². The van der Waals surface area contributed by atoms with Gasteiger partial charge in [-0.25, -0.2) is 0 Å². The van der Waals surface area contributed by atoms with E-state index in [4.69, 9.17) is 0 Å². The van der Waals surface area contributed by atoms with Crippen molar-refractivity contribution >= 4 is 17.5 Å². The first-order valence-electron chi connectivity index (χ1n) is 8.43. The predicted octanol–water partition coefficient (Wildman–Crippen LogP) is 4.31. The van der Waals surface area contributed by atoms with Crippen molar-refractivity contribution in [3.8, 4) is 0 Å². The lowest BCUT2D eigenvalue weighted by atomic mass is 10.1. The highest BCUT2D eigenvalue weighted by molar-refractivity contribution is 6.04. The van der Waals surface area contributed by atoms with Gasteiger partial charge in [-0.1, -0.05) is 12.1 Å². The molecule has 0 aliphatic rings. The number of rotatable bonds is 7. The number of hydrogen-bond acceptors (Lipinski definition) is 3. The molecule has 0 radical (unpaired) electrons. The van der Waals surface area contributed by atoms with Crippen molar-refractivity contribution in [2.24, 2.45) is 0 Å². The Balaban J connectivity index is 1.89. The van der Waals surface area contributed by atoms with Crippen LogP contribution in [0.5, 0.6) is 0 Å². The van der Waals surface area contributed by atoms with E-state index < -0.39 is 37.3 Å². The average Bonchev–Trinajstić information content (AvgIpc) is 2.65. The maximum absolute atomic E-state index is 12.2. The number of benzene rings is 2. The molecule has 0 spiro atoms. The largest absolute Gasteiger partial charge is 0.411 e. The number of halogens is 6. The minimum absolute atomic E-state index is 0.0135. The molecule has 2 aromatic carbocycles. The molecule has 0 unspecified atom stereocenters. The number of amides is 2. The molecule has 0 saturated carbocycles. The summed E-state index contributed by atoms with van der Waals surface area (Å²) in [6.45, 7) is -3.10. The van der Waals surface area contributed by atoms with Gasteiger partial charge in [0.05, 0.1) is 6.61 Å². The Morgan fingerprint density at radius 3 is 1.83 bits per heavy atom. The van der Waals surface area contributed by atoms with Crippen LogP contribution in [0.25, 0.3) is 0 Å². The standard InChI is InChI=1S/C19H16F6N2O3/c20-18(21,22)10-26-16(28)13-5-7-15(8-6-13)27-17(29)14-3-1-12(2-4-14)9-30-11-19(23,24)25/h1-8H,9-11H2,(H,26,28)(H,27,29). The lowest BCUT2D eigenvalue weighted by Crippen LogP contribution is -2.33. The molecule has 11 heteroatoms. The first-order valence-corrected chi connectivity index (χ1v) is 8.43. The molecule has 2 rings (SSSR count). The Morgan fingerprint density at radius 2 is 1.30 bits per heavy atom. The Bertz CT molecular complexity index is 862. The van der Waals surface area contributed by atoms with E-state index in [1.165, 1.54) is 48.5 Å². The number of carbonyl (C=O) groups excluding carboxylic acids is 2. The van der Waals surface area contributed by atoms with Crippen LogP contribution in [-0.2, 0) is 11.3 Å². The molecule has 5 nitrogen and oxygen atoms in total. The first kappa shape index (κ1) is 23.2. The molecule has 0 heterocycles. The Kier molecular flexibility index (Phi) is 7.43. The third kappa shape index (κ3) is 8.11. The van der Waals surface area contributed by atoms with Crippen LogP contribution in [0.4, 0.5) is 32.0 Å². The van der Waals surface area contributed by atoms with E-state index in [0.717, 1.165) is 0 Å². The van der Waals surface area contributed by atoms with Crippen molar-refractivity contribution in [2.75, 3.05) is 18.5 Å². The summed E-state index contributed by atoms with van der Waals surface area (Å²) in [5.74, 6) is -1.43. The van der Waals surface area contributed by atoms with E-state index in [-0.39, 0.29) is 17.7 Å². The van der Waals surface area contributed by atoms with Crippen LogP contribution in [-0.4, -0.2) is 37.3 Å². The van der Waals surface area contributed by atoms with Crippen LogP contribution in [0.1, 0.15) is 26.3 Å². The topological polar surface area (TPSA) is 67.4 Å². The maximum Gasteiger partial charge on any atom is 0.411 e. The number of anilines is 1. The lowest BCUT2D eigenvalue weighted by Gasteiger charge is -2.10. The van der Waals surface area contributed by atoms with Crippen LogP contribution in [0.2, 0.25) is 0 Å². The molecular weight excluding hydrogens is 418 g/mol. The van der Waals surface area contributed by atoms with Crippen LogP contribution in [0.15, 0.2) is 48.5 Å². The van der Waals surface area contributed by atoms with Crippen molar-refractivity contribution < 1.29 is 40.7 Å². The summed E-state index contributed by atoms with van der Waals surface area (Å²) in [6, 6.07) is 10.9. The van der Waals surface area contributed by atoms with Gasteiger partial charge >= 0.3 is 12.4 Å². The van der Waals surface area contributed by atoms with E-state index in [1.54, 1.807) is 5.32 Å². The van der Waals surface area contributed by atoms with Gasteiger partial charge in [-0.05, 0) is 42.0 Å². The summed E-state index contributed by atoms with van der Waals surface area (Å²) < 4.78 is 77.0. The molecule has 2 aromatic rings. The first-order chi connectivity index (χ1) is 13.9. The normalized spacial score (nSPS) is 11.8. The zero-order valence-electron chi connectivity index (χ0n) is 15.2. The second-order valence-corrected chi connectivity index (χ2v) is 6.13.